The number of thiophene rings is 1. The van der Waals surface area contributed by atoms with Crippen LogP contribution in [0.1, 0.15) is 31.2 Å². The Morgan fingerprint density at radius 2 is 1.90 bits per heavy atom. The minimum absolute atomic E-state index is 0.0369. The second kappa shape index (κ2) is 10.5. The van der Waals surface area contributed by atoms with Crippen molar-refractivity contribution in [3.8, 4) is 5.75 Å². The number of carbonyl (C=O) groups is 1. The van der Waals surface area contributed by atoms with E-state index in [1.807, 2.05) is 48.5 Å². The highest BCUT2D eigenvalue weighted by molar-refractivity contribution is 7.14. The van der Waals surface area contributed by atoms with E-state index < -0.39 is 0 Å². The van der Waals surface area contributed by atoms with Crippen molar-refractivity contribution in [2.75, 3.05) is 33.4 Å². The molecule has 0 atom stereocenters. The summed E-state index contributed by atoms with van der Waals surface area (Å²) in [5.41, 5.74) is 3.38. The van der Waals surface area contributed by atoms with Gasteiger partial charge in [-0.15, -0.1) is 11.3 Å². The van der Waals surface area contributed by atoms with E-state index in [-0.39, 0.29) is 5.78 Å². The number of hydrogen-bond donors (Lipinski definition) is 0. The van der Waals surface area contributed by atoms with E-state index in [9.17, 15) is 4.79 Å². The molecule has 2 aromatic carbocycles. The number of ether oxygens (including phenoxy) is 2. The Kier molecular flexibility index (Phi) is 7.30. The molecule has 160 valence electrons. The number of rotatable bonds is 8. The molecule has 4 nitrogen and oxygen atoms in total. The summed E-state index contributed by atoms with van der Waals surface area (Å²) in [5, 5.41) is 0. The van der Waals surface area contributed by atoms with E-state index in [1.54, 1.807) is 24.5 Å². The molecule has 5 heteroatoms. The van der Waals surface area contributed by atoms with Gasteiger partial charge in [-0.05, 0) is 41.5 Å². The molecule has 2 heterocycles. The van der Waals surface area contributed by atoms with Crippen molar-refractivity contribution in [2.45, 2.75) is 13.0 Å². The zero-order valence-electron chi connectivity index (χ0n) is 17.8. The lowest BCUT2D eigenvalue weighted by atomic mass is 10.1. The summed E-state index contributed by atoms with van der Waals surface area (Å²) in [5.74, 6) is 0.911. The van der Waals surface area contributed by atoms with E-state index >= 15 is 0 Å². The Bertz CT molecular complexity index is 1040. The molecule has 0 aliphatic carbocycles. The van der Waals surface area contributed by atoms with Crippen LogP contribution in [0, 0.1) is 0 Å². The lowest BCUT2D eigenvalue weighted by Crippen LogP contribution is -2.35. The number of morpholine rings is 1. The molecule has 1 aromatic heterocycles. The second-order valence-electron chi connectivity index (χ2n) is 7.59. The van der Waals surface area contributed by atoms with Gasteiger partial charge in [0.2, 0.25) is 0 Å². The first kappa shape index (κ1) is 21.5. The Morgan fingerprint density at radius 1 is 1.10 bits per heavy atom. The number of hydrogen-bond acceptors (Lipinski definition) is 5. The summed E-state index contributed by atoms with van der Waals surface area (Å²) in [7, 11) is 1.70. The summed E-state index contributed by atoms with van der Waals surface area (Å²) >= 11 is 1.56. The molecule has 0 bridgehead atoms. The van der Waals surface area contributed by atoms with Crippen molar-refractivity contribution in [3.63, 3.8) is 0 Å². The summed E-state index contributed by atoms with van der Waals surface area (Å²) in [6, 6.07) is 20.4. The number of benzene rings is 2. The van der Waals surface area contributed by atoms with E-state index in [2.05, 4.69) is 23.1 Å². The maximum absolute atomic E-state index is 12.7. The van der Waals surface area contributed by atoms with Crippen molar-refractivity contribution in [2.24, 2.45) is 0 Å². The predicted octanol–water partition coefficient (Wildman–Crippen LogP) is 5.08. The summed E-state index contributed by atoms with van der Waals surface area (Å²) in [6.07, 6.45) is 4.41. The lowest BCUT2D eigenvalue weighted by molar-refractivity contribution is 0.0339. The number of allylic oxidation sites excluding steroid dienone is 1. The van der Waals surface area contributed by atoms with Crippen LogP contribution in [0.4, 0.5) is 0 Å². The van der Waals surface area contributed by atoms with Gasteiger partial charge in [-0.1, -0.05) is 42.5 Å². The summed E-state index contributed by atoms with van der Waals surface area (Å²) in [6.45, 7) is 4.19. The first-order chi connectivity index (χ1) is 15.2. The van der Waals surface area contributed by atoms with Gasteiger partial charge in [0.15, 0.2) is 5.78 Å². The third kappa shape index (κ3) is 5.91. The number of methoxy groups -OCH3 is 1. The zero-order valence-corrected chi connectivity index (χ0v) is 18.6. The van der Waals surface area contributed by atoms with Crippen LogP contribution in [0.5, 0.6) is 5.75 Å². The largest absolute Gasteiger partial charge is 0.496 e. The van der Waals surface area contributed by atoms with Crippen LogP contribution in [0.2, 0.25) is 0 Å². The molecule has 1 aliphatic heterocycles. The van der Waals surface area contributed by atoms with Crippen molar-refractivity contribution in [3.05, 3.63) is 93.2 Å². The van der Waals surface area contributed by atoms with Crippen LogP contribution < -0.4 is 4.74 Å². The fourth-order valence-electron chi connectivity index (χ4n) is 3.68. The molecule has 0 N–H and O–H groups in total. The molecule has 3 aromatic rings. The quantitative estimate of drug-likeness (QED) is 0.367. The van der Waals surface area contributed by atoms with Crippen molar-refractivity contribution in [1.82, 2.24) is 4.90 Å². The molecule has 0 amide bonds. The van der Waals surface area contributed by atoms with Gasteiger partial charge in [-0.2, -0.15) is 0 Å². The zero-order chi connectivity index (χ0) is 21.5. The van der Waals surface area contributed by atoms with Crippen LogP contribution in [0.15, 0.2) is 66.7 Å². The average Bonchev–Trinajstić information content (AvgIpc) is 3.27. The standard InChI is InChI=1S/C26H27NO3S/c1-29-25-11-8-21(17-22(25)19-27-13-15-30-16-14-27)7-10-24(28)26-12-9-23(31-26)18-20-5-3-2-4-6-20/h2-12,17H,13-16,18-19H2,1H3/b10-7+. The van der Waals surface area contributed by atoms with Crippen LogP contribution in [-0.2, 0) is 17.7 Å². The van der Waals surface area contributed by atoms with Crippen molar-refractivity contribution in [1.29, 1.82) is 0 Å². The molecule has 0 unspecified atom stereocenters. The van der Waals surface area contributed by atoms with E-state index in [1.165, 1.54) is 10.4 Å². The number of ketones is 1. The molecule has 31 heavy (non-hydrogen) atoms. The molecule has 1 saturated heterocycles. The van der Waals surface area contributed by atoms with Crippen LogP contribution in [0.25, 0.3) is 6.08 Å². The van der Waals surface area contributed by atoms with Crippen LogP contribution >= 0.6 is 11.3 Å². The predicted molar refractivity (Wildman–Crippen MR) is 126 cm³/mol. The van der Waals surface area contributed by atoms with Gasteiger partial charge in [0, 0.05) is 36.5 Å². The maximum atomic E-state index is 12.7. The van der Waals surface area contributed by atoms with Crippen molar-refractivity contribution >= 4 is 23.2 Å². The third-order valence-corrected chi connectivity index (χ3v) is 6.45. The topological polar surface area (TPSA) is 38.8 Å². The van der Waals surface area contributed by atoms with Crippen LogP contribution in [0.3, 0.4) is 0 Å². The van der Waals surface area contributed by atoms with Crippen LogP contribution in [-0.4, -0.2) is 44.1 Å². The minimum atomic E-state index is 0.0369. The number of carbonyl (C=O) groups excluding carboxylic acids is 1. The van der Waals surface area contributed by atoms with Gasteiger partial charge in [0.1, 0.15) is 5.75 Å². The molecule has 0 saturated carbocycles. The van der Waals surface area contributed by atoms with Gasteiger partial charge >= 0.3 is 0 Å². The number of nitrogens with zero attached hydrogens (tertiary/aromatic N) is 1. The normalized spacial score (nSPS) is 14.7. The maximum Gasteiger partial charge on any atom is 0.195 e. The van der Waals surface area contributed by atoms with Gasteiger partial charge in [-0.25, -0.2) is 0 Å². The fraction of sp³-hybridized carbons (Fsp3) is 0.269. The molecule has 1 fully saturated rings. The average molecular weight is 434 g/mol. The first-order valence-corrected chi connectivity index (χ1v) is 11.3. The Labute approximate surface area is 187 Å². The Hall–Kier alpha value is -2.73. The highest BCUT2D eigenvalue weighted by atomic mass is 32.1. The first-order valence-electron chi connectivity index (χ1n) is 10.5. The second-order valence-corrected chi connectivity index (χ2v) is 8.75. The Morgan fingerprint density at radius 3 is 2.68 bits per heavy atom. The smallest absolute Gasteiger partial charge is 0.195 e. The molecule has 1 aliphatic rings. The van der Waals surface area contributed by atoms with E-state index in [4.69, 9.17) is 9.47 Å². The fourth-order valence-corrected chi connectivity index (χ4v) is 4.64. The van der Waals surface area contributed by atoms with Gasteiger partial charge in [-0.3, -0.25) is 9.69 Å². The molecule has 0 spiro atoms. The summed E-state index contributed by atoms with van der Waals surface area (Å²) < 4.78 is 11.0. The molecular weight excluding hydrogens is 406 g/mol. The SMILES string of the molecule is COc1ccc(/C=C/C(=O)c2ccc(Cc3ccccc3)s2)cc1CN1CCOCC1. The van der Waals surface area contributed by atoms with Crippen molar-refractivity contribution < 1.29 is 14.3 Å². The third-order valence-electron chi connectivity index (χ3n) is 5.35. The Balaban J connectivity index is 1.43. The van der Waals surface area contributed by atoms with E-state index in [0.29, 0.717) is 0 Å². The minimum Gasteiger partial charge on any atom is -0.496 e. The van der Waals surface area contributed by atoms with E-state index in [0.717, 1.165) is 61.0 Å². The van der Waals surface area contributed by atoms with Gasteiger partial charge < -0.3 is 9.47 Å². The summed E-state index contributed by atoms with van der Waals surface area (Å²) in [4.78, 5) is 17.0. The molecular formula is C26H27NO3S. The highest BCUT2D eigenvalue weighted by Gasteiger charge is 2.14. The highest BCUT2D eigenvalue weighted by Crippen LogP contribution is 2.24. The lowest BCUT2D eigenvalue weighted by Gasteiger charge is -2.27. The monoisotopic (exact) mass is 433 g/mol. The molecule has 4 rings (SSSR count). The molecule has 0 radical (unpaired) electrons. The van der Waals surface area contributed by atoms with Gasteiger partial charge in [0.25, 0.3) is 0 Å². The van der Waals surface area contributed by atoms with Gasteiger partial charge in [0.05, 0.1) is 25.2 Å².